The Morgan fingerprint density at radius 2 is 1.94 bits per heavy atom. The fourth-order valence-corrected chi connectivity index (χ4v) is 2.92. The fraction of sp³-hybridized carbons (Fsp3) is 0.462. The van der Waals surface area contributed by atoms with E-state index in [1.165, 1.54) is 14.2 Å². The maximum absolute atomic E-state index is 12.1. The molecule has 0 bridgehead atoms. The van der Waals surface area contributed by atoms with Gasteiger partial charge >= 0.3 is 0 Å². The Hall–Kier alpha value is -1.22. The second-order valence-corrected chi connectivity index (χ2v) is 5.23. The molecule has 0 saturated carbocycles. The van der Waals surface area contributed by atoms with Crippen molar-refractivity contribution in [2.24, 2.45) is 0 Å². The van der Waals surface area contributed by atoms with Crippen LogP contribution in [0.2, 0.25) is 5.02 Å². The Morgan fingerprint density at radius 3 is 2.47 bits per heavy atom. The number of ketones is 1. The summed E-state index contributed by atoms with van der Waals surface area (Å²) in [7, 11) is 3.07. The van der Waals surface area contributed by atoms with Crippen LogP contribution < -0.4 is 9.47 Å². The normalized spacial score (nSPS) is 16.9. The van der Waals surface area contributed by atoms with Crippen LogP contribution >= 0.6 is 11.6 Å². The number of methoxy groups -OCH3 is 2. The number of fused-ring (bicyclic) bond motifs is 1. The lowest BCUT2D eigenvalue weighted by Crippen LogP contribution is -2.13. The molecule has 0 radical (unpaired) electrons. The summed E-state index contributed by atoms with van der Waals surface area (Å²) in [5.41, 5.74) is 1.19. The van der Waals surface area contributed by atoms with E-state index in [4.69, 9.17) is 21.1 Å². The number of carbonyl (C=O) groups is 1. The molecular formula is C13H15ClO3. The Kier molecular flexibility index (Phi) is 2.82. The first-order valence-electron chi connectivity index (χ1n) is 5.40. The average molecular weight is 255 g/mol. The summed E-state index contributed by atoms with van der Waals surface area (Å²) in [4.78, 5) is 12.1. The minimum Gasteiger partial charge on any atom is -0.493 e. The van der Waals surface area contributed by atoms with Crippen LogP contribution in [0.3, 0.4) is 0 Å². The van der Waals surface area contributed by atoms with Crippen LogP contribution in [0.1, 0.15) is 36.2 Å². The van der Waals surface area contributed by atoms with Gasteiger partial charge in [-0.25, -0.2) is 0 Å². The summed E-state index contributed by atoms with van der Waals surface area (Å²) in [5.74, 6) is 1.05. The second kappa shape index (κ2) is 3.91. The number of carbonyl (C=O) groups excluding carboxylic acids is 1. The van der Waals surface area contributed by atoms with Crippen molar-refractivity contribution in [1.82, 2.24) is 0 Å². The van der Waals surface area contributed by atoms with Gasteiger partial charge in [-0.2, -0.15) is 0 Å². The highest BCUT2D eigenvalue weighted by atomic mass is 35.5. The van der Waals surface area contributed by atoms with Crippen molar-refractivity contribution in [3.63, 3.8) is 0 Å². The van der Waals surface area contributed by atoms with Gasteiger partial charge in [0.15, 0.2) is 17.3 Å². The van der Waals surface area contributed by atoms with Gasteiger partial charge in [0.25, 0.3) is 0 Å². The summed E-state index contributed by atoms with van der Waals surface area (Å²) >= 11 is 6.24. The lowest BCUT2D eigenvalue weighted by Gasteiger charge is -2.20. The van der Waals surface area contributed by atoms with E-state index in [-0.39, 0.29) is 11.2 Å². The van der Waals surface area contributed by atoms with Crippen LogP contribution in [0.25, 0.3) is 0 Å². The smallest absolute Gasteiger partial charge is 0.171 e. The minimum absolute atomic E-state index is 0.0580. The lowest BCUT2D eigenvalue weighted by molar-refractivity contribution is 0.0976. The summed E-state index contributed by atoms with van der Waals surface area (Å²) in [5, 5.41) is 0.563. The predicted octanol–water partition coefficient (Wildman–Crippen LogP) is 3.22. The van der Waals surface area contributed by atoms with Gasteiger partial charge in [0.1, 0.15) is 0 Å². The molecule has 0 aliphatic heterocycles. The molecule has 1 aliphatic carbocycles. The number of halogens is 1. The minimum atomic E-state index is -0.247. The molecule has 0 unspecified atom stereocenters. The number of ether oxygens (including phenoxy) is 2. The van der Waals surface area contributed by atoms with Gasteiger partial charge in [-0.1, -0.05) is 25.4 Å². The van der Waals surface area contributed by atoms with Gasteiger partial charge in [-0.3, -0.25) is 4.79 Å². The second-order valence-electron chi connectivity index (χ2n) is 4.83. The van der Waals surface area contributed by atoms with Crippen LogP contribution in [-0.4, -0.2) is 20.0 Å². The van der Waals surface area contributed by atoms with Crippen molar-refractivity contribution in [2.75, 3.05) is 14.2 Å². The van der Waals surface area contributed by atoms with Crippen molar-refractivity contribution in [2.45, 2.75) is 25.7 Å². The highest BCUT2D eigenvalue weighted by molar-refractivity contribution is 6.33. The first-order chi connectivity index (χ1) is 7.92. The largest absolute Gasteiger partial charge is 0.493 e. The summed E-state index contributed by atoms with van der Waals surface area (Å²) < 4.78 is 10.5. The SMILES string of the molecule is COc1cc(Cl)c2c(c1OC)C(=O)CC2(C)C. The number of benzene rings is 1. The molecule has 1 aliphatic rings. The third kappa shape index (κ3) is 1.69. The van der Waals surface area contributed by atoms with Crippen LogP contribution in [0, 0.1) is 0 Å². The standard InChI is InChI=1S/C13H15ClO3/c1-13(2)6-8(15)10-11(13)7(14)5-9(16-3)12(10)17-4/h5H,6H2,1-4H3. The summed E-state index contributed by atoms with van der Waals surface area (Å²) in [6.45, 7) is 4.02. The summed E-state index contributed by atoms with van der Waals surface area (Å²) in [6.07, 6.45) is 0.450. The van der Waals surface area contributed by atoms with E-state index < -0.39 is 0 Å². The number of hydrogen-bond donors (Lipinski definition) is 0. The molecule has 3 nitrogen and oxygen atoms in total. The third-order valence-corrected chi connectivity index (χ3v) is 3.48. The molecule has 0 aromatic heterocycles. The fourth-order valence-electron chi connectivity index (χ4n) is 2.47. The van der Waals surface area contributed by atoms with E-state index in [9.17, 15) is 4.79 Å². The quantitative estimate of drug-likeness (QED) is 0.813. The van der Waals surface area contributed by atoms with Gasteiger partial charge < -0.3 is 9.47 Å². The van der Waals surface area contributed by atoms with Crippen LogP contribution in [-0.2, 0) is 5.41 Å². The van der Waals surface area contributed by atoms with E-state index >= 15 is 0 Å². The molecule has 0 N–H and O–H groups in total. The van der Waals surface area contributed by atoms with Crippen LogP contribution in [0.4, 0.5) is 0 Å². The van der Waals surface area contributed by atoms with E-state index in [2.05, 4.69) is 0 Å². The highest BCUT2D eigenvalue weighted by Crippen LogP contribution is 2.49. The van der Waals surface area contributed by atoms with Gasteiger partial charge in [0.2, 0.25) is 0 Å². The van der Waals surface area contributed by atoms with Crippen molar-refractivity contribution >= 4 is 17.4 Å². The van der Waals surface area contributed by atoms with Gasteiger partial charge in [0, 0.05) is 17.5 Å². The van der Waals surface area contributed by atoms with Crippen LogP contribution in [0.15, 0.2) is 6.07 Å². The Morgan fingerprint density at radius 1 is 1.29 bits per heavy atom. The molecule has 0 fully saturated rings. The topological polar surface area (TPSA) is 35.5 Å². The molecule has 0 heterocycles. The molecule has 0 atom stereocenters. The van der Waals surface area contributed by atoms with E-state index in [0.29, 0.717) is 28.5 Å². The van der Waals surface area contributed by atoms with Crippen LogP contribution in [0.5, 0.6) is 11.5 Å². The molecule has 1 aromatic rings. The Balaban J connectivity index is 2.80. The number of rotatable bonds is 2. The molecule has 0 saturated heterocycles. The van der Waals surface area contributed by atoms with E-state index in [0.717, 1.165) is 5.56 Å². The zero-order valence-corrected chi connectivity index (χ0v) is 11.1. The van der Waals surface area contributed by atoms with Gasteiger partial charge in [-0.15, -0.1) is 0 Å². The summed E-state index contributed by atoms with van der Waals surface area (Å²) in [6, 6.07) is 1.71. The lowest BCUT2D eigenvalue weighted by atomic mass is 9.86. The number of Topliss-reactive ketones (excluding diaryl/α,β-unsaturated/α-hetero) is 1. The average Bonchev–Trinajstić information content (AvgIpc) is 2.49. The maximum atomic E-state index is 12.1. The van der Waals surface area contributed by atoms with Crippen molar-refractivity contribution in [3.05, 3.63) is 22.2 Å². The molecule has 92 valence electrons. The Labute approximate surface area is 106 Å². The van der Waals surface area contributed by atoms with Gasteiger partial charge in [0.05, 0.1) is 19.8 Å². The molecule has 4 heteroatoms. The zero-order valence-electron chi connectivity index (χ0n) is 10.4. The molecular weight excluding hydrogens is 240 g/mol. The van der Waals surface area contributed by atoms with E-state index in [1.54, 1.807) is 6.07 Å². The molecule has 1 aromatic carbocycles. The molecule has 2 rings (SSSR count). The zero-order chi connectivity index (χ0) is 12.8. The number of hydrogen-bond acceptors (Lipinski definition) is 3. The van der Waals surface area contributed by atoms with Gasteiger partial charge in [-0.05, 0) is 11.0 Å². The first kappa shape index (κ1) is 12.2. The van der Waals surface area contributed by atoms with Crippen molar-refractivity contribution < 1.29 is 14.3 Å². The van der Waals surface area contributed by atoms with Crippen molar-refractivity contribution in [1.29, 1.82) is 0 Å². The predicted molar refractivity (Wildman–Crippen MR) is 66.5 cm³/mol. The van der Waals surface area contributed by atoms with Crippen molar-refractivity contribution in [3.8, 4) is 11.5 Å². The monoisotopic (exact) mass is 254 g/mol. The molecule has 17 heavy (non-hydrogen) atoms. The molecule has 0 amide bonds. The molecule has 0 spiro atoms. The highest BCUT2D eigenvalue weighted by Gasteiger charge is 2.41. The Bertz CT molecular complexity index is 492. The van der Waals surface area contributed by atoms with E-state index in [1.807, 2.05) is 13.8 Å². The maximum Gasteiger partial charge on any atom is 0.171 e. The first-order valence-corrected chi connectivity index (χ1v) is 5.78. The third-order valence-electron chi connectivity index (χ3n) is 3.18.